The van der Waals surface area contributed by atoms with Crippen molar-refractivity contribution in [2.24, 2.45) is 0 Å². The number of carbonyl (C=O) groups excluding carboxylic acids is 2. The van der Waals surface area contributed by atoms with Gasteiger partial charge in [0, 0.05) is 44.0 Å². The van der Waals surface area contributed by atoms with Crippen molar-refractivity contribution in [3.63, 3.8) is 0 Å². The number of amides is 2. The lowest BCUT2D eigenvalue weighted by atomic mass is 10.1. The Balaban J connectivity index is 2.18. The largest absolute Gasteiger partial charge is 0.352 e. The molecular formula is C22H24Cl4N2O2S. The maximum Gasteiger partial charge on any atom is 0.242 e. The highest BCUT2D eigenvalue weighted by Crippen LogP contribution is 2.29. The fourth-order valence-electron chi connectivity index (χ4n) is 2.84. The molecule has 1 atom stereocenters. The summed E-state index contributed by atoms with van der Waals surface area (Å²) < 4.78 is 0. The second kappa shape index (κ2) is 12.2. The normalized spacial score (nSPS) is 12.0. The zero-order valence-electron chi connectivity index (χ0n) is 17.4. The van der Waals surface area contributed by atoms with E-state index in [9.17, 15) is 9.59 Å². The van der Waals surface area contributed by atoms with Gasteiger partial charge in [-0.25, -0.2) is 0 Å². The third kappa shape index (κ3) is 7.47. The molecule has 0 aliphatic rings. The molecule has 0 radical (unpaired) electrons. The molecule has 2 aromatic carbocycles. The van der Waals surface area contributed by atoms with E-state index in [2.05, 4.69) is 5.32 Å². The molecule has 0 spiro atoms. The Morgan fingerprint density at radius 3 is 1.87 bits per heavy atom. The topological polar surface area (TPSA) is 49.4 Å². The number of thioether (sulfide) groups is 1. The van der Waals surface area contributed by atoms with Crippen LogP contribution in [0.5, 0.6) is 0 Å². The lowest BCUT2D eigenvalue weighted by Crippen LogP contribution is -2.49. The van der Waals surface area contributed by atoms with Crippen molar-refractivity contribution in [1.29, 1.82) is 0 Å². The van der Waals surface area contributed by atoms with Gasteiger partial charge in [-0.3, -0.25) is 9.59 Å². The average Bonchev–Trinajstić information content (AvgIpc) is 2.69. The first kappa shape index (κ1) is 26.1. The Kier molecular flexibility index (Phi) is 10.3. The van der Waals surface area contributed by atoms with Crippen LogP contribution in [0.1, 0.15) is 31.9 Å². The Bertz CT molecular complexity index is 899. The van der Waals surface area contributed by atoms with Crippen LogP contribution in [0.3, 0.4) is 0 Å². The number of halogens is 4. The number of hydrogen-bond donors (Lipinski definition) is 1. The minimum atomic E-state index is -0.702. The molecule has 0 fully saturated rings. The zero-order valence-corrected chi connectivity index (χ0v) is 21.3. The number of nitrogens with zero attached hydrogens (tertiary/aromatic N) is 1. The number of benzene rings is 2. The molecular weight excluding hydrogens is 498 g/mol. The summed E-state index contributed by atoms with van der Waals surface area (Å²) in [6, 6.07) is 9.69. The fraction of sp³-hybridized carbons (Fsp3) is 0.364. The third-order valence-corrected chi connectivity index (χ3v) is 6.88. The van der Waals surface area contributed by atoms with Crippen molar-refractivity contribution in [2.45, 2.75) is 45.2 Å². The van der Waals surface area contributed by atoms with E-state index in [0.717, 1.165) is 5.56 Å². The Hall–Kier alpha value is -1.11. The minimum Gasteiger partial charge on any atom is -0.352 e. The zero-order chi connectivity index (χ0) is 23.1. The molecule has 4 nitrogen and oxygen atoms in total. The fourth-order valence-corrected chi connectivity index (χ4v) is 5.00. The Morgan fingerprint density at radius 1 is 0.903 bits per heavy atom. The van der Waals surface area contributed by atoms with Crippen molar-refractivity contribution in [3.05, 3.63) is 67.6 Å². The molecule has 2 aromatic rings. The molecule has 0 aliphatic heterocycles. The standard InChI is InChI=1S/C22H24Cl4N2O2S/c1-13(2)27-22(30)14(3)28(10-15-17(23)6-4-7-18(15)24)21(29)12-31-11-16-19(25)8-5-9-20(16)26/h4-9,13-14H,10-12H2,1-3H3,(H,27,30)/t14-/m0/s1. The maximum absolute atomic E-state index is 13.1. The third-order valence-electron chi connectivity index (χ3n) is 4.52. The quantitative estimate of drug-likeness (QED) is 0.411. The molecule has 9 heteroatoms. The first-order valence-electron chi connectivity index (χ1n) is 9.65. The Labute approximate surface area is 207 Å². The second-order valence-corrected chi connectivity index (χ2v) is 9.87. The lowest BCUT2D eigenvalue weighted by Gasteiger charge is -2.30. The molecule has 0 saturated carbocycles. The van der Waals surface area contributed by atoms with Crippen LogP contribution in [-0.2, 0) is 21.9 Å². The predicted molar refractivity (Wildman–Crippen MR) is 132 cm³/mol. The number of hydrogen-bond acceptors (Lipinski definition) is 3. The van der Waals surface area contributed by atoms with Gasteiger partial charge in [0.2, 0.25) is 11.8 Å². The van der Waals surface area contributed by atoms with E-state index in [0.29, 0.717) is 31.4 Å². The molecule has 31 heavy (non-hydrogen) atoms. The van der Waals surface area contributed by atoms with Gasteiger partial charge >= 0.3 is 0 Å². The SMILES string of the molecule is CC(C)NC(=O)[C@H](C)N(Cc1c(Cl)cccc1Cl)C(=O)CSCc1c(Cl)cccc1Cl. The van der Waals surface area contributed by atoms with Crippen molar-refractivity contribution >= 4 is 70.0 Å². The van der Waals surface area contributed by atoms with E-state index in [1.165, 1.54) is 16.7 Å². The van der Waals surface area contributed by atoms with Gasteiger partial charge in [-0.2, -0.15) is 0 Å². The molecule has 168 valence electrons. The number of carbonyl (C=O) groups is 2. The van der Waals surface area contributed by atoms with E-state index in [4.69, 9.17) is 46.4 Å². The van der Waals surface area contributed by atoms with Gasteiger partial charge in [-0.15, -0.1) is 11.8 Å². The van der Waals surface area contributed by atoms with E-state index < -0.39 is 6.04 Å². The summed E-state index contributed by atoms with van der Waals surface area (Å²) >= 11 is 26.4. The minimum absolute atomic E-state index is 0.0486. The number of nitrogens with one attached hydrogen (secondary N) is 1. The second-order valence-electron chi connectivity index (χ2n) is 7.25. The molecule has 0 bridgehead atoms. The molecule has 2 amide bonds. The molecule has 0 heterocycles. The van der Waals surface area contributed by atoms with Crippen molar-refractivity contribution in [1.82, 2.24) is 10.2 Å². The van der Waals surface area contributed by atoms with Crippen LogP contribution < -0.4 is 5.32 Å². The summed E-state index contributed by atoms with van der Waals surface area (Å²) in [6.07, 6.45) is 0. The molecule has 0 aromatic heterocycles. The van der Waals surface area contributed by atoms with Crippen LogP contribution in [0.4, 0.5) is 0 Å². The predicted octanol–water partition coefficient (Wildman–Crippen LogP) is 6.48. The molecule has 2 rings (SSSR count). The van der Waals surface area contributed by atoms with Gasteiger partial charge in [0.15, 0.2) is 0 Å². The summed E-state index contributed by atoms with van der Waals surface area (Å²) in [6.45, 7) is 5.54. The summed E-state index contributed by atoms with van der Waals surface area (Å²) in [5.41, 5.74) is 1.37. The molecule has 1 N–H and O–H groups in total. The first-order valence-corrected chi connectivity index (χ1v) is 12.3. The molecule has 0 aliphatic carbocycles. The van der Waals surface area contributed by atoms with Gasteiger partial charge in [-0.1, -0.05) is 58.5 Å². The average molecular weight is 522 g/mol. The first-order chi connectivity index (χ1) is 14.6. The van der Waals surface area contributed by atoms with E-state index in [1.807, 2.05) is 13.8 Å². The van der Waals surface area contributed by atoms with Gasteiger partial charge in [0.1, 0.15) is 6.04 Å². The summed E-state index contributed by atoms with van der Waals surface area (Å²) in [5.74, 6) is 0.154. The van der Waals surface area contributed by atoms with E-state index >= 15 is 0 Å². The smallest absolute Gasteiger partial charge is 0.242 e. The highest BCUT2D eigenvalue weighted by atomic mass is 35.5. The van der Waals surface area contributed by atoms with Gasteiger partial charge in [0.25, 0.3) is 0 Å². The van der Waals surface area contributed by atoms with Crippen molar-refractivity contribution in [3.8, 4) is 0 Å². The van der Waals surface area contributed by atoms with Gasteiger partial charge in [0.05, 0.1) is 5.75 Å². The maximum atomic E-state index is 13.1. The highest BCUT2D eigenvalue weighted by molar-refractivity contribution is 7.99. The highest BCUT2D eigenvalue weighted by Gasteiger charge is 2.27. The number of rotatable bonds is 9. The van der Waals surface area contributed by atoms with Crippen LogP contribution in [0.15, 0.2) is 36.4 Å². The summed E-state index contributed by atoms with van der Waals surface area (Å²) in [5, 5.41) is 4.84. The summed E-state index contributed by atoms with van der Waals surface area (Å²) in [7, 11) is 0. The van der Waals surface area contributed by atoms with Gasteiger partial charge in [-0.05, 0) is 50.6 Å². The summed E-state index contributed by atoms with van der Waals surface area (Å²) in [4.78, 5) is 27.3. The van der Waals surface area contributed by atoms with Crippen molar-refractivity contribution < 1.29 is 9.59 Å². The lowest BCUT2D eigenvalue weighted by molar-refractivity contribution is -0.138. The van der Waals surface area contributed by atoms with Crippen molar-refractivity contribution in [2.75, 3.05) is 5.75 Å². The molecule has 0 unspecified atom stereocenters. The van der Waals surface area contributed by atoms with Crippen LogP contribution in [0.2, 0.25) is 20.1 Å². The van der Waals surface area contributed by atoms with Crippen LogP contribution in [-0.4, -0.2) is 34.6 Å². The monoisotopic (exact) mass is 520 g/mol. The van der Waals surface area contributed by atoms with Crippen LogP contribution in [0.25, 0.3) is 0 Å². The van der Waals surface area contributed by atoms with E-state index in [1.54, 1.807) is 43.3 Å². The van der Waals surface area contributed by atoms with E-state index in [-0.39, 0.29) is 30.2 Å². The van der Waals surface area contributed by atoms with Crippen LogP contribution >= 0.6 is 58.2 Å². The Morgan fingerprint density at radius 2 is 1.39 bits per heavy atom. The van der Waals surface area contributed by atoms with Crippen LogP contribution in [0, 0.1) is 0 Å². The van der Waals surface area contributed by atoms with Gasteiger partial charge < -0.3 is 10.2 Å². The molecule has 0 saturated heterocycles.